The van der Waals surface area contributed by atoms with Gasteiger partial charge in [-0.25, -0.2) is 9.78 Å². The molecule has 1 N–H and O–H groups in total. The van der Waals surface area contributed by atoms with Gasteiger partial charge in [0, 0.05) is 11.9 Å². The van der Waals surface area contributed by atoms with Gasteiger partial charge in [0.15, 0.2) is 5.15 Å². The summed E-state index contributed by atoms with van der Waals surface area (Å²) in [4.78, 5) is 22.5. The Morgan fingerprint density at radius 1 is 1.00 bits per heavy atom. The molecule has 2 aromatic heterocycles. The van der Waals surface area contributed by atoms with Gasteiger partial charge in [0.1, 0.15) is 5.52 Å². The fourth-order valence-electron chi connectivity index (χ4n) is 4.19. The molecule has 28 heavy (non-hydrogen) atoms. The molecule has 0 unspecified atom stereocenters. The van der Waals surface area contributed by atoms with E-state index in [1.54, 1.807) is 4.57 Å². The Balaban J connectivity index is 1.57. The summed E-state index contributed by atoms with van der Waals surface area (Å²) in [5.41, 5.74) is 4.42. The fourth-order valence-corrected chi connectivity index (χ4v) is 4.42. The van der Waals surface area contributed by atoms with Crippen LogP contribution in [0.4, 0.5) is 0 Å². The van der Waals surface area contributed by atoms with Crippen LogP contribution >= 0.6 is 11.6 Å². The van der Waals surface area contributed by atoms with Crippen LogP contribution in [0, 0.1) is 0 Å². The van der Waals surface area contributed by atoms with E-state index >= 15 is 0 Å². The maximum Gasteiger partial charge on any atom is 0.326 e. The first kappa shape index (κ1) is 17.5. The fraction of sp³-hybridized carbons (Fsp3) is 0.273. The topological polar surface area (TPSA) is 53.9 Å². The smallest absolute Gasteiger partial charge is 0.303 e. The standard InChI is InChI=1S/C22H21ClN4O/c23-21-19-20(17-8-1-2-9-18(17)24-21)27(22(28)25-19)14-16-7-5-6-15(12-16)13-26-10-3-4-11-26/h1-2,5-9,12H,3-4,10-11,13-14H2,(H,25,28). The molecule has 1 aliphatic rings. The minimum atomic E-state index is -0.167. The molecule has 1 fully saturated rings. The zero-order chi connectivity index (χ0) is 19.1. The molecule has 2 aromatic carbocycles. The van der Waals surface area contributed by atoms with E-state index in [1.165, 1.54) is 31.5 Å². The average Bonchev–Trinajstić information content (AvgIpc) is 3.31. The summed E-state index contributed by atoms with van der Waals surface area (Å²) in [6.45, 7) is 3.81. The third kappa shape index (κ3) is 3.11. The number of para-hydroxylation sites is 1. The lowest BCUT2D eigenvalue weighted by Gasteiger charge is -2.15. The van der Waals surface area contributed by atoms with Gasteiger partial charge in [-0.3, -0.25) is 9.47 Å². The van der Waals surface area contributed by atoms with Crippen molar-refractivity contribution in [2.45, 2.75) is 25.9 Å². The van der Waals surface area contributed by atoms with Crippen LogP contribution < -0.4 is 5.69 Å². The quantitative estimate of drug-likeness (QED) is 0.530. The number of halogens is 1. The molecule has 3 heterocycles. The highest BCUT2D eigenvalue weighted by molar-refractivity contribution is 6.35. The van der Waals surface area contributed by atoms with E-state index in [9.17, 15) is 4.79 Å². The van der Waals surface area contributed by atoms with Crippen LogP contribution in [-0.2, 0) is 13.1 Å². The monoisotopic (exact) mass is 392 g/mol. The number of H-pyrrole nitrogens is 1. The summed E-state index contributed by atoms with van der Waals surface area (Å²) in [5.74, 6) is 0. The average molecular weight is 393 g/mol. The molecule has 0 saturated carbocycles. The molecule has 5 nitrogen and oxygen atoms in total. The molecule has 4 aromatic rings. The lowest BCUT2D eigenvalue weighted by Crippen LogP contribution is -2.19. The van der Waals surface area contributed by atoms with Crippen molar-refractivity contribution in [2.75, 3.05) is 13.1 Å². The number of hydrogen-bond acceptors (Lipinski definition) is 3. The molecule has 1 saturated heterocycles. The normalized spacial score (nSPS) is 15.0. The molecule has 0 radical (unpaired) electrons. The zero-order valence-electron chi connectivity index (χ0n) is 15.5. The highest BCUT2D eigenvalue weighted by atomic mass is 35.5. The Labute approximate surface area is 167 Å². The number of rotatable bonds is 4. The molecular formula is C22H21ClN4O. The molecule has 0 atom stereocenters. The van der Waals surface area contributed by atoms with Crippen LogP contribution in [0.25, 0.3) is 21.9 Å². The van der Waals surface area contributed by atoms with Gasteiger partial charge in [0.05, 0.1) is 17.6 Å². The third-order valence-electron chi connectivity index (χ3n) is 5.50. The van der Waals surface area contributed by atoms with Gasteiger partial charge in [-0.2, -0.15) is 0 Å². The number of hydrogen-bond donors (Lipinski definition) is 1. The second kappa shape index (κ2) is 7.08. The van der Waals surface area contributed by atoms with Crippen LogP contribution in [0.5, 0.6) is 0 Å². The summed E-state index contributed by atoms with van der Waals surface area (Å²) in [6.07, 6.45) is 2.57. The Bertz CT molecular complexity index is 1220. The van der Waals surface area contributed by atoms with Crippen LogP contribution in [0.3, 0.4) is 0 Å². The maximum atomic E-state index is 12.7. The molecule has 6 heteroatoms. The van der Waals surface area contributed by atoms with E-state index in [0.29, 0.717) is 17.2 Å². The third-order valence-corrected chi connectivity index (χ3v) is 5.78. The van der Waals surface area contributed by atoms with E-state index in [0.717, 1.165) is 28.5 Å². The second-order valence-corrected chi connectivity index (χ2v) is 7.82. The van der Waals surface area contributed by atoms with Crippen LogP contribution in [0.15, 0.2) is 53.3 Å². The first-order valence-corrected chi connectivity index (χ1v) is 10.0. The lowest BCUT2D eigenvalue weighted by molar-refractivity contribution is 0.331. The predicted octanol–water partition coefficient (Wildman–Crippen LogP) is 4.18. The van der Waals surface area contributed by atoms with Crippen LogP contribution in [-0.4, -0.2) is 32.5 Å². The number of nitrogens with zero attached hydrogens (tertiary/aromatic N) is 3. The summed E-state index contributed by atoms with van der Waals surface area (Å²) in [7, 11) is 0. The second-order valence-electron chi connectivity index (χ2n) is 7.46. The minimum Gasteiger partial charge on any atom is -0.303 e. The van der Waals surface area contributed by atoms with Crippen molar-refractivity contribution >= 4 is 33.5 Å². The number of fused-ring (bicyclic) bond motifs is 3. The largest absolute Gasteiger partial charge is 0.326 e. The molecule has 0 spiro atoms. The Hall–Kier alpha value is -2.63. The Morgan fingerprint density at radius 3 is 2.57 bits per heavy atom. The van der Waals surface area contributed by atoms with Crippen molar-refractivity contribution in [1.82, 2.24) is 19.4 Å². The van der Waals surface area contributed by atoms with Gasteiger partial charge in [-0.15, -0.1) is 0 Å². The maximum absolute atomic E-state index is 12.7. The highest BCUT2D eigenvalue weighted by Gasteiger charge is 2.16. The molecule has 1 aliphatic heterocycles. The van der Waals surface area contributed by atoms with E-state index < -0.39 is 0 Å². The Kier molecular flexibility index (Phi) is 4.41. The summed E-state index contributed by atoms with van der Waals surface area (Å²) < 4.78 is 1.76. The van der Waals surface area contributed by atoms with Crippen molar-refractivity contribution < 1.29 is 0 Å². The number of aromatic nitrogens is 3. The molecule has 0 amide bonds. The van der Waals surface area contributed by atoms with Crippen LogP contribution in [0.1, 0.15) is 24.0 Å². The van der Waals surface area contributed by atoms with Gasteiger partial charge >= 0.3 is 5.69 Å². The van der Waals surface area contributed by atoms with Crippen molar-refractivity contribution in [1.29, 1.82) is 0 Å². The first-order chi connectivity index (χ1) is 13.7. The van der Waals surface area contributed by atoms with Gasteiger partial charge in [0.25, 0.3) is 0 Å². The SMILES string of the molecule is O=c1[nH]c2c(Cl)nc3ccccc3c2n1Cc1cccc(CN2CCCC2)c1. The van der Waals surface area contributed by atoms with Crippen LogP contribution in [0.2, 0.25) is 5.15 Å². The lowest BCUT2D eigenvalue weighted by atomic mass is 10.1. The van der Waals surface area contributed by atoms with E-state index in [-0.39, 0.29) is 5.69 Å². The number of likely N-dealkylation sites (tertiary alicyclic amines) is 1. The van der Waals surface area contributed by atoms with Crippen molar-refractivity contribution in [2.24, 2.45) is 0 Å². The van der Waals surface area contributed by atoms with E-state index in [1.807, 2.05) is 24.3 Å². The molecule has 5 rings (SSSR count). The predicted molar refractivity (Wildman–Crippen MR) is 113 cm³/mol. The van der Waals surface area contributed by atoms with Crippen molar-refractivity contribution in [3.05, 3.63) is 75.3 Å². The zero-order valence-corrected chi connectivity index (χ0v) is 16.2. The highest BCUT2D eigenvalue weighted by Crippen LogP contribution is 2.27. The molecule has 0 bridgehead atoms. The van der Waals surface area contributed by atoms with Gasteiger partial charge < -0.3 is 4.98 Å². The molecule has 142 valence electrons. The molecule has 0 aliphatic carbocycles. The summed E-state index contributed by atoms with van der Waals surface area (Å²) in [5, 5.41) is 1.25. The Morgan fingerprint density at radius 2 is 1.75 bits per heavy atom. The van der Waals surface area contributed by atoms with Crippen molar-refractivity contribution in [3.8, 4) is 0 Å². The molecular weight excluding hydrogens is 372 g/mol. The number of aromatic amines is 1. The van der Waals surface area contributed by atoms with Gasteiger partial charge in [-0.05, 0) is 43.1 Å². The number of imidazole rings is 1. The number of nitrogens with one attached hydrogen (secondary N) is 1. The first-order valence-electron chi connectivity index (χ1n) is 9.66. The van der Waals surface area contributed by atoms with E-state index in [4.69, 9.17) is 11.6 Å². The van der Waals surface area contributed by atoms with Gasteiger partial charge in [-0.1, -0.05) is 54.1 Å². The van der Waals surface area contributed by atoms with E-state index in [2.05, 4.69) is 39.1 Å². The minimum absolute atomic E-state index is 0.167. The summed E-state index contributed by atoms with van der Waals surface area (Å²) in [6, 6.07) is 16.3. The van der Waals surface area contributed by atoms with Gasteiger partial charge in [0.2, 0.25) is 0 Å². The van der Waals surface area contributed by atoms with Crippen molar-refractivity contribution in [3.63, 3.8) is 0 Å². The number of benzene rings is 2. The number of pyridine rings is 1. The summed E-state index contributed by atoms with van der Waals surface area (Å²) >= 11 is 6.34.